The van der Waals surface area contributed by atoms with Gasteiger partial charge in [0.1, 0.15) is 11.3 Å². The van der Waals surface area contributed by atoms with Crippen molar-refractivity contribution in [3.8, 4) is 11.3 Å². The van der Waals surface area contributed by atoms with Crippen molar-refractivity contribution >= 4 is 29.1 Å². The molecule has 4 N–H and O–H groups in total. The number of benzene rings is 1. The number of pyridine rings is 1. The zero-order valence-corrected chi connectivity index (χ0v) is 17.4. The van der Waals surface area contributed by atoms with E-state index in [4.69, 9.17) is 14.9 Å². The highest BCUT2D eigenvalue weighted by Crippen LogP contribution is 2.26. The summed E-state index contributed by atoms with van der Waals surface area (Å²) in [7, 11) is 0. The highest BCUT2D eigenvalue weighted by molar-refractivity contribution is 6.05. The Morgan fingerprint density at radius 3 is 2.72 bits per heavy atom. The van der Waals surface area contributed by atoms with Gasteiger partial charge in [0.2, 0.25) is 0 Å². The fourth-order valence-corrected chi connectivity index (χ4v) is 3.89. The Balaban J connectivity index is 0.000000775. The van der Waals surface area contributed by atoms with Crippen molar-refractivity contribution in [2.45, 2.75) is 19.4 Å². The number of anilines is 1. The quantitative estimate of drug-likeness (QED) is 0.358. The zero-order valence-electron chi connectivity index (χ0n) is 17.4. The lowest BCUT2D eigenvalue weighted by molar-refractivity contribution is -0.122. The van der Waals surface area contributed by atoms with Crippen molar-refractivity contribution in [1.82, 2.24) is 25.1 Å². The molecule has 1 amide bonds. The first kappa shape index (κ1) is 21.3. The third-order valence-electron chi connectivity index (χ3n) is 5.37. The molecule has 0 saturated carbocycles. The lowest BCUT2D eigenvalue weighted by atomic mass is 10.0. The number of hydrogen-bond acceptors (Lipinski definition) is 5. The summed E-state index contributed by atoms with van der Waals surface area (Å²) in [5.41, 5.74) is 5.13. The van der Waals surface area contributed by atoms with Gasteiger partial charge >= 0.3 is 0 Å². The van der Waals surface area contributed by atoms with E-state index in [1.165, 1.54) is 18.4 Å². The van der Waals surface area contributed by atoms with Crippen LogP contribution in [0.1, 0.15) is 28.9 Å². The third-order valence-corrected chi connectivity index (χ3v) is 5.37. The topological polar surface area (TPSA) is 127 Å². The molecule has 1 saturated heterocycles. The number of carboxylic acid groups (broad SMARTS) is 1. The van der Waals surface area contributed by atoms with Crippen LogP contribution in [0.3, 0.4) is 0 Å². The Hall–Kier alpha value is -3.98. The molecule has 9 nitrogen and oxygen atoms in total. The van der Waals surface area contributed by atoms with Gasteiger partial charge in [0, 0.05) is 23.7 Å². The minimum atomic E-state index is -0.250. The van der Waals surface area contributed by atoms with E-state index in [0.717, 1.165) is 36.3 Å². The second kappa shape index (κ2) is 9.88. The number of nitrogens with zero attached hydrogens (tertiary/aromatic N) is 3. The molecular formula is C23H24N6O3. The number of aromatic nitrogens is 4. The minimum absolute atomic E-state index is 0.222. The number of likely N-dealkylation sites (tertiary alicyclic amines) is 1. The van der Waals surface area contributed by atoms with E-state index in [1.54, 1.807) is 12.4 Å². The van der Waals surface area contributed by atoms with Gasteiger partial charge in [-0.05, 0) is 49.7 Å². The fourth-order valence-electron chi connectivity index (χ4n) is 3.89. The molecule has 0 bridgehead atoms. The van der Waals surface area contributed by atoms with Gasteiger partial charge in [-0.2, -0.15) is 5.10 Å². The van der Waals surface area contributed by atoms with Crippen LogP contribution in [0, 0.1) is 0 Å². The summed E-state index contributed by atoms with van der Waals surface area (Å²) in [6, 6.07) is 14.3. The molecule has 0 atom stereocenters. The average molecular weight is 432 g/mol. The summed E-state index contributed by atoms with van der Waals surface area (Å²) in [6.45, 7) is 3.01. The molecule has 164 valence electrons. The normalized spacial score (nSPS) is 13.5. The van der Waals surface area contributed by atoms with Crippen LogP contribution in [-0.2, 0) is 11.3 Å². The van der Waals surface area contributed by atoms with Gasteiger partial charge in [-0.25, -0.2) is 4.98 Å². The van der Waals surface area contributed by atoms with Crippen LogP contribution < -0.4 is 5.32 Å². The number of carbonyl (C=O) groups excluding carboxylic acids is 1. The van der Waals surface area contributed by atoms with Crippen LogP contribution in [0.2, 0.25) is 0 Å². The number of amides is 1. The van der Waals surface area contributed by atoms with Crippen LogP contribution >= 0.6 is 0 Å². The monoisotopic (exact) mass is 432 g/mol. The second-order valence-electron chi connectivity index (χ2n) is 7.50. The molecule has 1 fully saturated rings. The summed E-state index contributed by atoms with van der Waals surface area (Å²) in [4.78, 5) is 31.3. The standard InChI is InChI=1S/C22H22N6O.CH2O2/c29-22(25-17-12-23-24-13-17)20-11-15-7-8-19(26-21(15)27-20)18-6-2-1-5-16(18)14-28-9-3-4-10-28;2-1-3/h1-2,5-8,11-13H,3-4,9-10,14H2,(H,23,24)(H,25,29)(H,26,27);1H,(H,2,3). The van der Waals surface area contributed by atoms with Crippen molar-refractivity contribution in [3.63, 3.8) is 0 Å². The number of H-pyrrole nitrogens is 2. The third kappa shape index (κ3) is 4.84. The number of hydrogen-bond donors (Lipinski definition) is 4. The second-order valence-corrected chi connectivity index (χ2v) is 7.50. The molecular weight excluding hydrogens is 408 g/mol. The molecule has 0 aliphatic carbocycles. The SMILES string of the molecule is O=C(Nc1cn[nH]c1)c1cc2ccc(-c3ccccc3CN3CCCC3)nc2[nH]1.O=CO. The summed E-state index contributed by atoms with van der Waals surface area (Å²) in [5.74, 6) is -0.222. The average Bonchev–Trinajstić information content (AvgIpc) is 3.56. The molecule has 3 aromatic heterocycles. The number of carbonyl (C=O) groups is 2. The Bertz CT molecular complexity index is 1200. The summed E-state index contributed by atoms with van der Waals surface area (Å²) < 4.78 is 0. The van der Waals surface area contributed by atoms with E-state index >= 15 is 0 Å². The van der Waals surface area contributed by atoms with Crippen molar-refractivity contribution in [2.75, 3.05) is 18.4 Å². The highest BCUT2D eigenvalue weighted by atomic mass is 16.3. The smallest absolute Gasteiger partial charge is 0.290 e. The molecule has 5 rings (SSSR count). The van der Waals surface area contributed by atoms with E-state index in [1.807, 2.05) is 24.3 Å². The van der Waals surface area contributed by atoms with Gasteiger partial charge in [-0.15, -0.1) is 0 Å². The summed E-state index contributed by atoms with van der Waals surface area (Å²) in [6.07, 6.45) is 5.75. The van der Waals surface area contributed by atoms with Crippen LogP contribution in [0.15, 0.2) is 54.9 Å². The van der Waals surface area contributed by atoms with Crippen LogP contribution in [0.25, 0.3) is 22.3 Å². The van der Waals surface area contributed by atoms with Crippen LogP contribution in [0.4, 0.5) is 5.69 Å². The Morgan fingerprint density at radius 2 is 1.97 bits per heavy atom. The fraction of sp³-hybridized carbons (Fsp3) is 0.217. The van der Waals surface area contributed by atoms with Gasteiger partial charge in [-0.1, -0.05) is 24.3 Å². The van der Waals surface area contributed by atoms with Crippen LogP contribution in [0.5, 0.6) is 0 Å². The molecule has 0 radical (unpaired) electrons. The lowest BCUT2D eigenvalue weighted by Gasteiger charge is -2.17. The molecule has 32 heavy (non-hydrogen) atoms. The Morgan fingerprint density at radius 1 is 1.19 bits per heavy atom. The van der Waals surface area contributed by atoms with Crippen LogP contribution in [-0.4, -0.2) is 55.6 Å². The Labute approximate surface area is 184 Å². The van der Waals surface area contributed by atoms with Gasteiger partial charge < -0.3 is 15.4 Å². The molecule has 0 spiro atoms. The molecule has 1 aliphatic rings. The molecule has 0 unspecified atom stereocenters. The van der Waals surface area contributed by atoms with E-state index in [2.05, 4.69) is 43.6 Å². The minimum Gasteiger partial charge on any atom is -0.483 e. The van der Waals surface area contributed by atoms with Gasteiger partial charge in [-0.3, -0.25) is 19.6 Å². The zero-order chi connectivity index (χ0) is 22.3. The largest absolute Gasteiger partial charge is 0.483 e. The first-order chi connectivity index (χ1) is 15.7. The summed E-state index contributed by atoms with van der Waals surface area (Å²) >= 11 is 0. The first-order valence-electron chi connectivity index (χ1n) is 10.4. The predicted octanol–water partition coefficient (Wildman–Crippen LogP) is 3.50. The number of rotatable bonds is 5. The van der Waals surface area contributed by atoms with E-state index in [-0.39, 0.29) is 12.4 Å². The van der Waals surface area contributed by atoms with Gasteiger partial charge in [0.05, 0.1) is 17.6 Å². The van der Waals surface area contributed by atoms with Crippen molar-refractivity contribution < 1.29 is 14.7 Å². The van der Waals surface area contributed by atoms with Crippen molar-refractivity contribution in [3.05, 3.63) is 66.1 Å². The van der Waals surface area contributed by atoms with Gasteiger partial charge in [0.15, 0.2) is 0 Å². The first-order valence-corrected chi connectivity index (χ1v) is 10.4. The van der Waals surface area contributed by atoms with E-state index < -0.39 is 0 Å². The molecule has 1 aromatic carbocycles. The maximum absolute atomic E-state index is 12.5. The van der Waals surface area contributed by atoms with E-state index in [9.17, 15) is 4.79 Å². The van der Waals surface area contributed by atoms with Crippen molar-refractivity contribution in [2.24, 2.45) is 0 Å². The lowest BCUT2D eigenvalue weighted by Crippen LogP contribution is -2.18. The number of nitrogens with one attached hydrogen (secondary N) is 3. The molecule has 4 heterocycles. The molecule has 4 aromatic rings. The molecule has 1 aliphatic heterocycles. The molecule has 9 heteroatoms. The van der Waals surface area contributed by atoms with Crippen molar-refractivity contribution in [1.29, 1.82) is 0 Å². The summed E-state index contributed by atoms with van der Waals surface area (Å²) in [5, 5.41) is 17.1. The maximum Gasteiger partial charge on any atom is 0.290 e. The van der Waals surface area contributed by atoms with E-state index in [0.29, 0.717) is 17.0 Å². The number of fused-ring (bicyclic) bond motifs is 1. The highest BCUT2D eigenvalue weighted by Gasteiger charge is 2.16. The Kier molecular flexibility index (Phi) is 6.57. The number of aromatic amines is 2. The van der Waals surface area contributed by atoms with Gasteiger partial charge in [0.25, 0.3) is 12.4 Å². The maximum atomic E-state index is 12.5. The predicted molar refractivity (Wildman–Crippen MR) is 121 cm³/mol.